The first-order chi connectivity index (χ1) is 9.81. The molecule has 0 atom stereocenters. The van der Waals surface area contributed by atoms with E-state index in [9.17, 15) is 4.79 Å². The third kappa shape index (κ3) is 1.97. The predicted octanol–water partition coefficient (Wildman–Crippen LogP) is 1.87. The zero-order chi connectivity index (χ0) is 13.9. The smallest absolute Gasteiger partial charge is 0.340 e. The minimum atomic E-state index is -0.487. The van der Waals surface area contributed by atoms with Gasteiger partial charge in [-0.1, -0.05) is 18.2 Å². The number of methoxy groups -OCH3 is 1. The summed E-state index contributed by atoms with van der Waals surface area (Å²) >= 11 is 0. The Morgan fingerprint density at radius 3 is 2.55 bits per heavy atom. The number of carbonyl (C=O) groups is 1. The molecule has 2 aromatic heterocycles. The SMILES string of the molecule is COC(=O)c1c(-c2ncccn2)nnc2ccccc12. The van der Waals surface area contributed by atoms with Crippen molar-refractivity contribution >= 4 is 16.9 Å². The van der Waals surface area contributed by atoms with Gasteiger partial charge >= 0.3 is 5.97 Å². The maximum atomic E-state index is 12.1. The number of nitrogens with zero attached hydrogens (tertiary/aromatic N) is 4. The van der Waals surface area contributed by atoms with Gasteiger partial charge in [-0.2, -0.15) is 0 Å². The van der Waals surface area contributed by atoms with E-state index in [0.29, 0.717) is 28.0 Å². The number of hydrogen-bond acceptors (Lipinski definition) is 6. The van der Waals surface area contributed by atoms with Crippen molar-refractivity contribution in [2.75, 3.05) is 7.11 Å². The Balaban J connectivity index is 2.35. The van der Waals surface area contributed by atoms with Crippen LogP contribution in [0.15, 0.2) is 42.7 Å². The van der Waals surface area contributed by atoms with Gasteiger partial charge in [0, 0.05) is 17.8 Å². The normalized spacial score (nSPS) is 10.4. The molecule has 0 aliphatic carbocycles. The van der Waals surface area contributed by atoms with E-state index < -0.39 is 5.97 Å². The summed E-state index contributed by atoms with van der Waals surface area (Å²) in [5.41, 5.74) is 1.26. The van der Waals surface area contributed by atoms with Crippen LogP contribution in [0.25, 0.3) is 22.4 Å². The summed E-state index contributed by atoms with van der Waals surface area (Å²) in [5.74, 6) is -0.148. The molecule has 6 nitrogen and oxygen atoms in total. The Morgan fingerprint density at radius 2 is 1.80 bits per heavy atom. The molecular weight excluding hydrogens is 256 g/mol. The lowest BCUT2D eigenvalue weighted by Gasteiger charge is -2.08. The predicted molar refractivity (Wildman–Crippen MR) is 71.9 cm³/mol. The summed E-state index contributed by atoms with van der Waals surface area (Å²) in [4.78, 5) is 20.3. The van der Waals surface area contributed by atoms with Crippen molar-refractivity contribution in [1.29, 1.82) is 0 Å². The first-order valence-electron chi connectivity index (χ1n) is 5.92. The topological polar surface area (TPSA) is 77.9 Å². The van der Waals surface area contributed by atoms with Gasteiger partial charge < -0.3 is 4.74 Å². The van der Waals surface area contributed by atoms with Crippen molar-refractivity contribution in [1.82, 2.24) is 20.2 Å². The standard InChI is InChI=1S/C14H10N4O2/c1-20-14(19)11-9-5-2-3-6-10(9)17-18-12(11)13-15-7-4-8-16-13/h2-8H,1H3. The van der Waals surface area contributed by atoms with Crippen LogP contribution in [-0.4, -0.2) is 33.2 Å². The van der Waals surface area contributed by atoms with Gasteiger partial charge in [0.2, 0.25) is 0 Å². The van der Waals surface area contributed by atoms with Crippen molar-refractivity contribution in [3.63, 3.8) is 0 Å². The molecule has 6 heteroatoms. The molecule has 0 saturated carbocycles. The Bertz CT molecular complexity index is 774. The molecule has 0 radical (unpaired) electrons. The lowest BCUT2D eigenvalue weighted by Crippen LogP contribution is -2.08. The number of aromatic nitrogens is 4. The van der Waals surface area contributed by atoms with Crippen molar-refractivity contribution in [2.24, 2.45) is 0 Å². The van der Waals surface area contributed by atoms with Crippen LogP contribution >= 0.6 is 0 Å². The highest BCUT2D eigenvalue weighted by molar-refractivity contribution is 6.07. The molecular formula is C14H10N4O2. The molecule has 0 saturated heterocycles. The van der Waals surface area contributed by atoms with Gasteiger partial charge in [-0.05, 0) is 12.1 Å². The molecule has 0 N–H and O–H groups in total. The van der Waals surface area contributed by atoms with E-state index in [4.69, 9.17) is 4.74 Å². The van der Waals surface area contributed by atoms with Gasteiger partial charge in [-0.15, -0.1) is 10.2 Å². The Morgan fingerprint density at radius 1 is 1.05 bits per heavy atom. The van der Waals surface area contributed by atoms with Crippen LogP contribution < -0.4 is 0 Å². The fourth-order valence-corrected chi connectivity index (χ4v) is 1.94. The molecule has 20 heavy (non-hydrogen) atoms. The fourth-order valence-electron chi connectivity index (χ4n) is 1.94. The number of hydrogen-bond donors (Lipinski definition) is 0. The van der Waals surface area contributed by atoms with Crippen LogP contribution in [0.2, 0.25) is 0 Å². The van der Waals surface area contributed by atoms with Crippen LogP contribution in [0.3, 0.4) is 0 Å². The second kappa shape index (κ2) is 5.00. The van der Waals surface area contributed by atoms with Gasteiger partial charge in [0.1, 0.15) is 11.3 Å². The van der Waals surface area contributed by atoms with Gasteiger partial charge in [0.05, 0.1) is 12.6 Å². The second-order valence-electron chi connectivity index (χ2n) is 4.00. The van der Waals surface area contributed by atoms with E-state index in [2.05, 4.69) is 20.2 Å². The third-order valence-corrected chi connectivity index (χ3v) is 2.84. The summed E-state index contributed by atoms with van der Waals surface area (Å²) < 4.78 is 4.84. The number of fused-ring (bicyclic) bond motifs is 1. The van der Waals surface area contributed by atoms with Gasteiger partial charge in [0.15, 0.2) is 5.82 Å². The summed E-state index contributed by atoms with van der Waals surface area (Å²) in [5, 5.41) is 8.83. The van der Waals surface area contributed by atoms with Crippen LogP contribution in [0.5, 0.6) is 0 Å². The lowest BCUT2D eigenvalue weighted by atomic mass is 10.1. The Labute approximate surface area is 114 Å². The fraction of sp³-hybridized carbons (Fsp3) is 0.0714. The highest BCUT2D eigenvalue weighted by Crippen LogP contribution is 2.24. The van der Waals surface area contributed by atoms with Crippen molar-refractivity contribution < 1.29 is 9.53 Å². The van der Waals surface area contributed by atoms with Crippen molar-refractivity contribution in [2.45, 2.75) is 0 Å². The van der Waals surface area contributed by atoms with Crippen molar-refractivity contribution in [3.8, 4) is 11.5 Å². The molecule has 0 fully saturated rings. The van der Waals surface area contributed by atoms with E-state index in [1.165, 1.54) is 7.11 Å². The molecule has 3 aromatic rings. The first-order valence-corrected chi connectivity index (χ1v) is 5.92. The maximum Gasteiger partial charge on any atom is 0.340 e. The first kappa shape index (κ1) is 12.2. The Hall–Kier alpha value is -2.89. The van der Waals surface area contributed by atoms with Crippen LogP contribution in [0.4, 0.5) is 0 Å². The average molecular weight is 266 g/mol. The molecule has 0 aliphatic heterocycles. The van der Waals surface area contributed by atoms with E-state index in [1.807, 2.05) is 12.1 Å². The van der Waals surface area contributed by atoms with E-state index in [1.54, 1.807) is 30.6 Å². The quantitative estimate of drug-likeness (QED) is 0.659. The molecule has 0 bridgehead atoms. The number of ether oxygens (including phenoxy) is 1. The number of carbonyl (C=O) groups excluding carboxylic acids is 1. The van der Waals surface area contributed by atoms with Crippen LogP contribution in [-0.2, 0) is 4.74 Å². The zero-order valence-corrected chi connectivity index (χ0v) is 10.6. The molecule has 0 amide bonds. The lowest BCUT2D eigenvalue weighted by molar-refractivity contribution is 0.0603. The average Bonchev–Trinajstić information content (AvgIpc) is 2.54. The highest BCUT2D eigenvalue weighted by Gasteiger charge is 2.21. The maximum absolute atomic E-state index is 12.1. The molecule has 0 spiro atoms. The molecule has 1 aromatic carbocycles. The number of rotatable bonds is 2. The third-order valence-electron chi connectivity index (χ3n) is 2.84. The minimum absolute atomic E-state index is 0.316. The van der Waals surface area contributed by atoms with E-state index in [-0.39, 0.29) is 0 Å². The molecule has 0 aliphatic rings. The largest absolute Gasteiger partial charge is 0.465 e. The minimum Gasteiger partial charge on any atom is -0.465 e. The number of benzene rings is 1. The second-order valence-corrected chi connectivity index (χ2v) is 4.00. The van der Waals surface area contributed by atoms with Crippen LogP contribution in [0.1, 0.15) is 10.4 Å². The van der Waals surface area contributed by atoms with Crippen LogP contribution in [0, 0.1) is 0 Å². The monoisotopic (exact) mass is 266 g/mol. The molecule has 98 valence electrons. The molecule has 2 heterocycles. The van der Waals surface area contributed by atoms with Gasteiger partial charge in [0.25, 0.3) is 0 Å². The van der Waals surface area contributed by atoms with Crippen molar-refractivity contribution in [3.05, 3.63) is 48.3 Å². The molecule has 0 unspecified atom stereocenters. The van der Waals surface area contributed by atoms with Gasteiger partial charge in [-0.25, -0.2) is 14.8 Å². The van der Waals surface area contributed by atoms with E-state index >= 15 is 0 Å². The molecule has 3 rings (SSSR count). The Kier molecular flexibility index (Phi) is 3.04. The summed E-state index contributed by atoms with van der Waals surface area (Å²) in [6.07, 6.45) is 3.17. The zero-order valence-electron chi connectivity index (χ0n) is 10.6. The highest BCUT2D eigenvalue weighted by atomic mass is 16.5. The van der Waals surface area contributed by atoms with E-state index in [0.717, 1.165) is 0 Å². The van der Waals surface area contributed by atoms with Gasteiger partial charge in [-0.3, -0.25) is 0 Å². The number of esters is 1. The summed E-state index contributed by atoms with van der Waals surface area (Å²) in [6.45, 7) is 0. The summed E-state index contributed by atoms with van der Waals surface area (Å²) in [7, 11) is 1.33. The summed E-state index contributed by atoms with van der Waals surface area (Å²) in [6, 6.07) is 8.92.